The Kier molecular flexibility index (Phi) is 6.64. The first kappa shape index (κ1) is 19.6. The van der Waals surface area contributed by atoms with Crippen LogP contribution in [-0.4, -0.2) is 32.0 Å². The van der Waals surface area contributed by atoms with E-state index >= 15 is 0 Å². The lowest BCUT2D eigenvalue weighted by atomic mass is 9.87. The molecule has 0 radical (unpaired) electrons. The number of rotatable bonds is 8. The molecule has 1 fully saturated rings. The molecule has 27 heavy (non-hydrogen) atoms. The van der Waals surface area contributed by atoms with Gasteiger partial charge in [-0.25, -0.2) is 0 Å². The molecule has 1 N–H and O–H groups in total. The van der Waals surface area contributed by atoms with Crippen molar-refractivity contribution in [1.29, 1.82) is 0 Å². The van der Waals surface area contributed by atoms with E-state index in [0.29, 0.717) is 26.2 Å². The largest absolute Gasteiger partial charge is 0.356 e. The molecule has 1 amide bonds. The van der Waals surface area contributed by atoms with E-state index in [0.717, 1.165) is 18.4 Å². The van der Waals surface area contributed by atoms with E-state index in [4.69, 9.17) is 9.47 Å². The smallest absolute Gasteiger partial charge is 0.224 e. The average Bonchev–Trinajstić information content (AvgIpc) is 3.22. The van der Waals surface area contributed by atoms with Gasteiger partial charge in [0, 0.05) is 12.0 Å². The Bertz CT molecular complexity index is 719. The molecule has 0 atom stereocenters. The van der Waals surface area contributed by atoms with Crippen molar-refractivity contribution in [3.05, 3.63) is 60.2 Å². The maximum Gasteiger partial charge on any atom is 0.224 e. The Morgan fingerprint density at radius 3 is 2.30 bits per heavy atom. The molecule has 144 valence electrons. The lowest BCUT2D eigenvalue weighted by Crippen LogP contribution is -2.32. The van der Waals surface area contributed by atoms with Gasteiger partial charge in [0.1, 0.15) is 0 Å². The summed E-state index contributed by atoms with van der Waals surface area (Å²) in [7, 11) is 0. The zero-order valence-electron chi connectivity index (χ0n) is 16.2. The second-order valence-corrected chi connectivity index (χ2v) is 7.76. The fraction of sp³-hybridized carbons (Fsp3) is 0.435. The molecule has 0 bridgehead atoms. The Hall–Kier alpha value is -2.17. The lowest BCUT2D eigenvalue weighted by molar-refractivity contribution is -0.123. The highest BCUT2D eigenvalue weighted by Crippen LogP contribution is 2.31. The molecule has 1 aliphatic rings. The second kappa shape index (κ2) is 9.16. The van der Waals surface area contributed by atoms with E-state index in [1.54, 1.807) is 0 Å². The molecule has 1 heterocycles. The van der Waals surface area contributed by atoms with E-state index < -0.39 is 0 Å². The van der Waals surface area contributed by atoms with Gasteiger partial charge in [-0.05, 0) is 29.5 Å². The molecule has 0 aliphatic carbocycles. The van der Waals surface area contributed by atoms with Crippen LogP contribution in [0.25, 0.3) is 11.1 Å². The van der Waals surface area contributed by atoms with Crippen molar-refractivity contribution in [2.45, 2.75) is 39.4 Å². The molecule has 1 aliphatic heterocycles. The van der Waals surface area contributed by atoms with E-state index in [1.165, 1.54) is 11.1 Å². The first-order chi connectivity index (χ1) is 13.0. The number of amides is 1. The van der Waals surface area contributed by atoms with Crippen LogP contribution < -0.4 is 5.32 Å². The SMILES string of the molecule is CC(C)(CCCNC(=O)Cc1ccc(-c2ccccc2)cc1)C1OCCO1. The number of nitrogens with one attached hydrogen (secondary N) is 1. The number of hydrogen-bond acceptors (Lipinski definition) is 3. The molecule has 0 unspecified atom stereocenters. The van der Waals surface area contributed by atoms with Crippen LogP contribution >= 0.6 is 0 Å². The van der Waals surface area contributed by atoms with Gasteiger partial charge in [-0.3, -0.25) is 4.79 Å². The number of carbonyl (C=O) groups is 1. The third kappa shape index (κ3) is 5.65. The van der Waals surface area contributed by atoms with Crippen LogP contribution in [0.5, 0.6) is 0 Å². The summed E-state index contributed by atoms with van der Waals surface area (Å²) in [5.41, 5.74) is 3.35. The molecule has 2 aromatic carbocycles. The van der Waals surface area contributed by atoms with Gasteiger partial charge in [0.05, 0.1) is 19.6 Å². The van der Waals surface area contributed by atoms with Crippen LogP contribution in [0.2, 0.25) is 0 Å². The van der Waals surface area contributed by atoms with E-state index in [2.05, 4.69) is 43.4 Å². The molecule has 0 saturated carbocycles. The topological polar surface area (TPSA) is 47.6 Å². The minimum Gasteiger partial charge on any atom is -0.356 e. The molecular formula is C23H29NO3. The van der Waals surface area contributed by atoms with Crippen LogP contribution in [-0.2, 0) is 20.7 Å². The van der Waals surface area contributed by atoms with Crippen molar-refractivity contribution in [2.75, 3.05) is 19.8 Å². The third-order valence-corrected chi connectivity index (χ3v) is 5.01. The van der Waals surface area contributed by atoms with Gasteiger partial charge in [-0.15, -0.1) is 0 Å². The maximum absolute atomic E-state index is 12.2. The Morgan fingerprint density at radius 1 is 1.00 bits per heavy atom. The van der Waals surface area contributed by atoms with Crippen LogP contribution in [0.3, 0.4) is 0 Å². The van der Waals surface area contributed by atoms with Crippen LogP contribution in [0.1, 0.15) is 32.3 Å². The van der Waals surface area contributed by atoms with Crippen molar-refractivity contribution in [1.82, 2.24) is 5.32 Å². The van der Waals surface area contributed by atoms with E-state index in [1.807, 2.05) is 30.3 Å². The standard InChI is InChI=1S/C23H29NO3/c1-23(2,22-26-15-16-27-22)13-6-14-24-21(25)17-18-9-11-20(12-10-18)19-7-4-3-5-8-19/h3-5,7-12,22H,6,13-17H2,1-2H3,(H,24,25). The molecule has 0 spiro atoms. The molecule has 4 nitrogen and oxygen atoms in total. The van der Waals surface area contributed by atoms with Crippen LogP contribution in [0, 0.1) is 5.41 Å². The summed E-state index contributed by atoms with van der Waals surface area (Å²) < 4.78 is 11.2. The van der Waals surface area contributed by atoms with Crippen molar-refractivity contribution >= 4 is 5.91 Å². The second-order valence-electron chi connectivity index (χ2n) is 7.76. The summed E-state index contributed by atoms with van der Waals surface area (Å²) in [6, 6.07) is 18.4. The molecule has 4 heteroatoms. The molecule has 2 aromatic rings. The van der Waals surface area contributed by atoms with Crippen molar-refractivity contribution in [2.24, 2.45) is 5.41 Å². The van der Waals surface area contributed by atoms with Crippen LogP contribution in [0.4, 0.5) is 0 Å². The van der Waals surface area contributed by atoms with Gasteiger partial charge in [-0.1, -0.05) is 68.4 Å². The van der Waals surface area contributed by atoms with Gasteiger partial charge >= 0.3 is 0 Å². The minimum atomic E-state index is -0.128. The Balaban J connectivity index is 1.40. The van der Waals surface area contributed by atoms with Gasteiger partial charge in [0.15, 0.2) is 6.29 Å². The summed E-state index contributed by atoms with van der Waals surface area (Å²) in [6.07, 6.45) is 2.14. The highest BCUT2D eigenvalue weighted by molar-refractivity contribution is 5.78. The number of benzene rings is 2. The summed E-state index contributed by atoms with van der Waals surface area (Å²) in [4.78, 5) is 12.2. The van der Waals surface area contributed by atoms with Gasteiger partial charge < -0.3 is 14.8 Å². The van der Waals surface area contributed by atoms with E-state index in [-0.39, 0.29) is 17.6 Å². The maximum atomic E-state index is 12.2. The first-order valence-electron chi connectivity index (χ1n) is 9.69. The van der Waals surface area contributed by atoms with E-state index in [9.17, 15) is 4.79 Å². The Morgan fingerprint density at radius 2 is 1.63 bits per heavy atom. The van der Waals surface area contributed by atoms with Crippen LogP contribution in [0.15, 0.2) is 54.6 Å². The summed E-state index contributed by atoms with van der Waals surface area (Å²) >= 11 is 0. The van der Waals surface area contributed by atoms with Crippen molar-refractivity contribution < 1.29 is 14.3 Å². The van der Waals surface area contributed by atoms with Gasteiger partial charge in [-0.2, -0.15) is 0 Å². The molecule has 0 aromatic heterocycles. The number of ether oxygens (including phenoxy) is 2. The predicted molar refractivity (Wildman–Crippen MR) is 107 cm³/mol. The number of carbonyl (C=O) groups excluding carboxylic acids is 1. The minimum absolute atomic E-state index is 0.0332. The Labute approximate surface area is 161 Å². The molecular weight excluding hydrogens is 338 g/mol. The quantitative estimate of drug-likeness (QED) is 0.712. The highest BCUT2D eigenvalue weighted by atomic mass is 16.7. The summed E-state index contributed by atoms with van der Waals surface area (Å²) in [6.45, 7) is 6.33. The number of hydrogen-bond donors (Lipinski definition) is 1. The molecule has 1 saturated heterocycles. The first-order valence-corrected chi connectivity index (χ1v) is 9.69. The van der Waals surface area contributed by atoms with Crippen molar-refractivity contribution in [3.8, 4) is 11.1 Å². The van der Waals surface area contributed by atoms with Gasteiger partial charge in [0.25, 0.3) is 0 Å². The molecule has 3 rings (SSSR count). The lowest BCUT2D eigenvalue weighted by Gasteiger charge is -2.29. The normalized spacial score (nSPS) is 15.0. The predicted octanol–water partition coefficient (Wildman–Crippen LogP) is 4.19. The van der Waals surface area contributed by atoms with Crippen molar-refractivity contribution in [3.63, 3.8) is 0 Å². The highest BCUT2D eigenvalue weighted by Gasteiger charge is 2.33. The summed E-state index contributed by atoms with van der Waals surface area (Å²) in [5.74, 6) is 0.0635. The fourth-order valence-electron chi connectivity index (χ4n) is 3.39. The van der Waals surface area contributed by atoms with Gasteiger partial charge in [0.2, 0.25) is 5.91 Å². The zero-order valence-corrected chi connectivity index (χ0v) is 16.2. The zero-order chi connectivity index (χ0) is 19.1. The third-order valence-electron chi connectivity index (χ3n) is 5.01. The summed E-state index contributed by atoms with van der Waals surface area (Å²) in [5, 5.41) is 3.02. The average molecular weight is 367 g/mol. The fourth-order valence-corrected chi connectivity index (χ4v) is 3.39. The monoisotopic (exact) mass is 367 g/mol.